The highest BCUT2D eigenvalue weighted by molar-refractivity contribution is 9.15. The van der Waals surface area contributed by atoms with E-state index in [0.29, 0.717) is 17.9 Å². The SMILES string of the molecule is O=S(=O)(c1ccc(Br)c(Br)c1Br)c1ccc(Br)c(Br)c1Br. The van der Waals surface area contributed by atoms with Crippen LogP contribution >= 0.6 is 95.6 Å². The van der Waals surface area contributed by atoms with Crippen LogP contribution in [0.4, 0.5) is 0 Å². The third kappa shape index (κ3) is 3.53. The summed E-state index contributed by atoms with van der Waals surface area (Å²) in [6, 6.07) is 6.47. The summed E-state index contributed by atoms with van der Waals surface area (Å²) in [5, 5.41) is 0. The molecule has 0 unspecified atom stereocenters. The molecule has 0 aliphatic rings. The maximum atomic E-state index is 12.9. The minimum atomic E-state index is -3.67. The lowest BCUT2D eigenvalue weighted by atomic mass is 10.4. The van der Waals surface area contributed by atoms with Crippen molar-refractivity contribution in [3.63, 3.8) is 0 Å². The molecule has 21 heavy (non-hydrogen) atoms. The number of rotatable bonds is 2. The van der Waals surface area contributed by atoms with Gasteiger partial charge in [0.1, 0.15) is 0 Å². The van der Waals surface area contributed by atoms with Gasteiger partial charge in [0.25, 0.3) is 0 Å². The van der Waals surface area contributed by atoms with Gasteiger partial charge in [0, 0.05) is 17.9 Å². The highest BCUT2D eigenvalue weighted by atomic mass is 79.9. The molecule has 0 saturated heterocycles. The fourth-order valence-corrected chi connectivity index (χ4v) is 7.07. The lowest BCUT2D eigenvalue weighted by Gasteiger charge is -2.12. The molecule has 0 aliphatic carbocycles. The molecule has 0 aliphatic heterocycles. The quantitative estimate of drug-likeness (QED) is 0.316. The molecule has 0 spiro atoms. The van der Waals surface area contributed by atoms with Crippen molar-refractivity contribution < 1.29 is 8.42 Å². The van der Waals surface area contributed by atoms with Gasteiger partial charge in [-0.25, -0.2) is 8.42 Å². The van der Waals surface area contributed by atoms with E-state index in [4.69, 9.17) is 0 Å². The summed E-state index contributed by atoms with van der Waals surface area (Å²) in [6.45, 7) is 0. The Hall–Kier alpha value is 1.27. The van der Waals surface area contributed by atoms with Crippen LogP contribution in [0.5, 0.6) is 0 Å². The lowest BCUT2D eigenvalue weighted by Crippen LogP contribution is -2.05. The van der Waals surface area contributed by atoms with Gasteiger partial charge in [0.2, 0.25) is 9.84 Å². The molecular formula is C12H4Br6O2S. The number of halogens is 6. The Kier molecular flexibility index (Phi) is 6.22. The van der Waals surface area contributed by atoms with Crippen molar-refractivity contribution in [3.8, 4) is 0 Å². The summed E-state index contributed by atoms with van der Waals surface area (Å²) in [6.07, 6.45) is 0. The largest absolute Gasteiger partial charge is 0.218 e. The van der Waals surface area contributed by atoms with Crippen molar-refractivity contribution in [2.45, 2.75) is 9.79 Å². The van der Waals surface area contributed by atoms with Crippen LogP contribution in [-0.4, -0.2) is 8.42 Å². The Morgan fingerprint density at radius 2 is 0.905 bits per heavy atom. The van der Waals surface area contributed by atoms with E-state index >= 15 is 0 Å². The fourth-order valence-electron chi connectivity index (χ4n) is 1.55. The van der Waals surface area contributed by atoms with E-state index in [-0.39, 0.29) is 9.79 Å². The highest BCUT2D eigenvalue weighted by Gasteiger charge is 2.26. The Bertz CT molecular complexity index is 769. The van der Waals surface area contributed by atoms with Crippen LogP contribution in [0.3, 0.4) is 0 Å². The van der Waals surface area contributed by atoms with Crippen molar-refractivity contribution in [2.75, 3.05) is 0 Å². The van der Waals surface area contributed by atoms with E-state index in [1.54, 1.807) is 24.3 Å². The van der Waals surface area contributed by atoms with Crippen molar-refractivity contribution in [1.82, 2.24) is 0 Å². The molecule has 9 heteroatoms. The minimum absolute atomic E-state index is 0.187. The number of benzene rings is 2. The molecule has 112 valence electrons. The molecule has 0 bridgehead atoms. The third-order valence-corrected chi connectivity index (χ3v) is 11.7. The van der Waals surface area contributed by atoms with Crippen LogP contribution in [0.15, 0.2) is 60.9 Å². The summed E-state index contributed by atoms with van der Waals surface area (Å²) < 4.78 is 29.5. The average molecular weight is 692 g/mol. The zero-order valence-corrected chi connectivity index (χ0v) is 20.1. The molecule has 2 rings (SSSR count). The second-order valence-corrected chi connectivity index (χ2v) is 10.6. The molecule has 0 saturated carbocycles. The van der Waals surface area contributed by atoms with Gasteiger partial charge in [-0.3, -0.25) is 0 Å². The van der Waals surface area contributed by atoms with E-state index < -0.39 is 9.84 Å². The number of hydrogen-bond acceptors (Lipinski definition) is 2. The van der Waals surface area contributed by atoms with Crippen LogP contribution in [0.2, 0.25) is 0 Å². The van der Waals surface area contributed by atoms with Gasteiger partial charge in [-0.2, -0.15) is 0 Å². The van der Waals surface area contributed by atoms with Gasteiger partial charge in [0.05, 0.1) is 18.7 Å². The molecule has 0 heterocycles. The van der Waals surface area contributed by atoms with Crippen LogP contribution < -0.4 is 0 Å². The Labute approximate surface area is 172 Å². The molecule has 2 nitrogen and oxygen atoms in total. The third-order valence-electron chi connectivity index (χ3n) is 2.58. The summed E-state index contributed by atoms with van der Waals surface area (Å²) in [4.78, 5) is 0.375. The van der Waals surface area contributed by atoms with Crippen molar-refractivity contribution in [3.05, 3.63) is 51.1 Å². The second kappa shape index (κ2) is 7.03. The predicted octanol–water partition coefficient (Wildman–Crippen LogP) is 7.09. The highest BCUT2D eigenvalue weighted by Crippen LogP contribution is 2.42. The van der Waals surface area contributed by atoms with Gasteiger partial charge in [-0.1, -0.05) is 0 Å². The number of sulfone groups is 1. The van der Waals surface area contributed by atoms with E-state index in [2.05, 4.69) is 95.6 Å². The predicted molar refractivity (Wildman–Crippen MR) is 105 cm³/mol. The van der Waals surface area contributed by atoms with E-state index in [1.807, 2.05) is 0 Å². The maximum Gasteiger partial charge on any atom is 0.208 e. The van der Waals surface area contributed by atoms with Gasteiger partial charge in [-0.05, 0) is 120 Å². The first-order valence-corrected chi connectivity index (χ1v) is 11.4. The summed E-state index contributed by atoms with van der Waals surface area (Å²) >= 11 is 20.1. The van der Waals surface area contributed by atoms with Crippen LogP contribution in [0.25, 0.3) is 0 Å². The summed E-state index contributed by atoms with van der Waals surface area (Å²) in [7, 11) is -3.67. The van der Waals surface area contributed by atoms with Crippen LogP contribution in [0.1, 0.15) is 0 Å². The molecule has 0 atom stereocenters. The molecule has 0 amide bonds. The summed E-state index contributed by atoms with van der Waals surface area (Å²) in [5.74, 6) is 0. The topological polar surface area (TPSA) is 34.1 Å². The van der Waals surface area contributed by atoms with Crippen LogP contribution in [0, 0.1) is 0 Å². The molecule has 0 N–H and O–H groups in total. The Morgan fingerprint density at radius 1 is 0.571 bits per heavy atom. The standard InChI is InChI=1S/C12H4Br6O2S/c13-5-1-3-7(11(17)9(5)15)21(19,20)8-4-2-6(14)10(16)12(8)18/h1-4H. The molecule has 0 aromatic heterocycles. The van der Waals surface area contributed by atoms with Gasteiger partial charge in [0.15, 0.2) is 0 Å². The Morgan fingerprint density at radius 3 is 1.24 bits per heavy atom. The van der Waals surface area contributed by atoms with Gasteiger partial charge >= 0.3 is 0 Å². The van der Waals surface area contributed by atoms with Gasteiger partial charge < -0.3 is 0 Å². The normalized spacial score (nSPS) is 11.7. The number of hydrogen-bond donors (Lipinski definition) is 0. The molecule has 2 aromatic carbocycles. The minimum Gasteiger partial charge on any atom is -0.218 e. The first kappa shape index (κ1) is 18.6. The smallest absolute Gasteiger partial charge is 0.208 e. The molecular weight excluding hydrogens is 688 g/mol. The summed E-state index contributed by atoms with van der Waals surface area (Å²) in [5.41, 5.74) is 0. The zero-order valence-electron chi connectivity index (χ0n) is 9.80. The fraction of sp³-hybridized carbons (Fsp3) is 0. The van der Waals surface area contributed by atoms with Crippen molar-refractivity contribution in [1.29, 1.82) is 0 Å². The molecule has 2 aromatic rings. The van der Waals surface area contributed by atoms with Crippen molar-refractivity contribution in [2.24, 2.45) is 0 Å². The van der Waals surface area contributed by atoms with Crippen molar-refractivity contribution >= 4 is 105 Å². The van der Waals surface area contributed by atoms with Crippen LogP contribution in [-0.2, 0) is 9.84 Å². The van der Waals surface area contributed by atoms with E-state index in [9.17, 15) is 8.42 Å². The Balaban J connectivity index is 2.75. The molecule has 0 radical (unpaired) electrons. The second-order valence-electron chi connectivity index (χ2n) is 3.85. The first-order valence-electron chi connectivity index (χ1n) is 5.20. The maximum absolute atomic E-state index is 12.9. The monoisotopic (exact) mass is 686 g/mol. The van der Waals surface area contributed by atoms with E-state index in [1.165, 1.54) is 0 Å². The lowest BCUT2D eigenvalue weighted by molar-refractivity contribution is 0.595. The molecule has 0 fully saturated rings. The van der Waals surface area contributed by atoms with Gasteiger partial charge in [-0.15, -0.1) is 0 Å². The zero-order chi connectivity index (χ0) is 15.9. The average Bonchev–Trinajstić information content (AvgIpc) is 2.41. The first-order chi connectivity index (χ1) is 9.67. The van der Waals surface area contributed by atoms with E-state index in [0.717, 1.165) is 8.95 Å².